The van der Waals surface area contributed by atoms with Crippen LogP contribution >= 0.6 is 16.1 Å². The minimum atomic E-state index is -3.41. The Balaban J connectivity index is 0.00000401. The highest BCUT2D eigenvalue weighted by Crippen LogP contribution is 2.53. The van der Waals surface area contributed by atoms with E-state index in [9.17, 15) is 4.57 Å². The lowest BCUT2D eigenvalue weighted by molar-refractivity contribution is -0.0655. The molecule has 2 saturated heterocycles. The summed E-state index contributed by atoms with van der Waals surface area (Å²) in [6.45, 7) is 14.8. The summed E-state index contributed by atoms with van der Waals surface area (Å²) in [5.41, 5.74) is 5.78. The van der Waals surface area contributed by atoms with Gasteiger partial charge in [0, 0.05) is 117 Å². The molecule has 18 nitrogen and oxygen atoms in total. The number of hydrogen-bond acceptors (Lipinski definition) is 16. The smallest absolute Gasteiger partial charge is 0.345 e. The molecule has 6 atom stereocenters. The standard InChI is InChI=1S/C37H74B2N11O6P.CH3OP/c1-30(28-53-22-21-52-6)23-36-44-35(45-37(46-36)43-15-9-7-8-14-42-17-20-49(18-13-40)19-16-41-2)12-10-11-31-25-50(27-34(39)55-31)57(51,47(3)4)54-29-32-24-48(5)26-33(38)56-32;1-3-2/h30-34,41-42H,7-29,40H2,1-6H3,(H,43,44,45,46);1H3/t30?,31?,32?,33-,34?,57?;/m1./s1. The first-order chi connectivity index (χ1) is 28.9. The number of unbranched alkanes of at least 4 members (excludes halogenated alkanes) is 2. The van der Waals surface area contributed by atoms with Crippen LogP contribution in [0.4, 0.5) is 5.95 Å². The summed E-state index contributed by atoms with van der Waals surface area (Å²) < 4.78 is 55.8. The maximum absolute atomic E-state index is 14.3. The van der Waals surface area contributed by atoms with E-state index in [0.717, 1.165) is 83.1 Å². The van der Waals surface area contributed by atoms with Crippen LogP contribution in [0.15, 0.2) is 0 Å². The second-order valence-corrected chi connectivity index (χ2v) is 18.7. The number of nitrogens with zero attached hydrogens (tertiary/aromatic N) is 7. The second-order valence-electron chi connectivity index (χ2n) is 15.7. The number of nitrogens with one attached hydrogen (secondary N) is 3. The molecule has 2 aliphatic rings. The van der Waals surface area contributed by atoms with Crippen molar-refractivity contribution in [2.45, 2.75) is 76.1 Å². The van der Waals surface area contributed by atoms with Crippen LogP contribution in [-0.2, 0) is 45.4 Å². The summed E-state index contributed by atoms with van der Waals surface area (Å²) in [5.74, 6) is 2.30. The van der Waals surface area contributed by atoms with Gasteiger partial charge in [-0.05, 0) is 66.3 Å². The van der Waals surface area contributed by atoms with Crippen LogP contribution in [0.5, 0.6) is 0 Å². The van der Waals surface area contributed by atoms with Crippen molar-refractivity contribution in [1.29, 1.82) is 0 Å². The number of aromatic nitrogens is 3. The fourth-order valence-corrected chi connectivity index (χ4v) is 8.96. The van der Waals surface area contributed by atoms with Gasteiger partial charge in [0.15, 0.2) is 8.46 Å². The van der Waals surface area contributed by atoms with Crippen LogP contribution in [0.25, 0.3) is 0 Å². The summed E-state index contributed by atoms with van der Waals surface area (Å²) in [4.78, 5) is 18.9. The van der Waals surface area contributed by atoms with Crippen molar-refractivity contribution >= 4 is 37.8 Å². The number of anilines is 1. The van der Waals surface area contributed by atoms with E-state index in [1.54, 1.807) is 32.5 Å². The third-order valence-electron chi connectivity index (χ3n) is 9.90. The van der Waals surface area contributed by atoms with E-state index in [-0.39, 0.29) is 39.7 Å². The summed E-state index contributed by atoms with van der Waals surface area (Å²) in [5, 5.41) is 10.2. The molecule has 3 heterocycles. The maximum Gasteiger partial charge on any atom is 0.345 e. The SMILES string of the molecule is CP=O.[B]C1CN(P(=O)(OCC2CN(C)C[C@H]([B])O2)N(C)C)CC(CCCc2nc(CC(C)COCCOC)nc(NCCCCCNCCN(CCN)CCNC)n2)O1. The van der Waals surface area contributed by atoms with E-state index >= 15 is 0 Å². The van der Waals surface area contributed by atoms with Crippen LogP contribution in [0, 0.1) is 5.92 Å². The normalized spacial score (nSPS) is 21.8. The lowest BCUT2D eigenvalue weighted by Crippen LogP contribution is -2.49. The predicted molar refractivity (Wildman–Crippen MR) is 242 cm³/mol. The van der Waals surface area contributed by atoms with E-state index in [2.05, 4.69) is 32.7 Å². The molecule has 60 heavy (non-hydrogen) atoms. The van der Waals surface area contributed by atoms with Crippen molar-refractivity contribution in [1.82, 2.24) is 44.7 Å². The van der Waals surface area contributed by atoms with Crippen molar-refractivity contribution in [3.63, 3.8) is 0 Å². The van der Waals surface area contributed by atoms with Gasteiger partial charge < -0.3 is 50.1 Å². The highest BCUT2D eigenvalue weighted by molar-refractivity contribution is 7.53. The zero-order valence-corrected chi connectivity index (χ0v) is 39.6. The number of hydrogen-bond donors (Lipinski definition) is 4. The maximum atomic E-state index is 14.3. The Labute approximate surface area is 365 Å². The zero-order valence-electron chi connectivity index (χ0n) is 37.8. The molecule has 22 heteroatoms. The van der Waals surface area contributed by atoms with Crippen LogP contribution in [0.3, 0.4) is 0 Å². The van der Waals surface area contributed by atoms with Gasteiger partial charge in [0.2, 0.25) is 5.95 Å². The minimum absolute atomic E-state index is 0.157. The molecule has 342 valence electrons. The molecule has 0 spiro atoms. The van der Waals surface area contributed by atoms with Gasteiger partial charge in [0.05, 0.1) is 32.0 Å². The van der Waals surface area contributed by atoms with Crippen LogP contribution in [0.1, 0.15) is 50.7 Å². The summed E-state index contributed by atoms with van der Waals surface area (Å²) in [6.07, 6.45) is 5.44. The fraction of sp³-hybridized carbons (Fsp3) is 0.921. The first-order valence-electron chi connectivity index (χ1n) is 21.6. The Hall–Kier alpha value is -1.21. The lowest BCUT2D eigenvalue weighted by atomic mass is 9.97. The van der Waals surface area contributed by atoms with Gasteiger partial charge in [0.1, 0.15) is 27.3 Å². The Kier molecular flexibility index (Phi) is 29.7. The fourth-order valence-electron chi connectivity index (χ4n) is 6.94. The lowest BCUT2D eigenvalue weighted by Gasteiger charge is -2.43. The number of ether oxygens (including phenoxy) is 4. The molecule has 0 amide bonds. The third-order valence-corrected chi connectivity index (χ3v) is 12.4. The second kappa shape index (κ2) is 32.4. The van der Waals surface area contributed by atoms with E-state index < -0.39 is 19.7 Å². The van der Waals surface area contributed by atoms with E-state index in [0.29, 0.717) is 71.2 Å². The van der Waals surface area contributed by atoms with Gasteiger partial charge in [-0.25, -0.2) is 14.3 Å². The molecular weight excluding hydrogens is 806 g/mol. The van der Waals surface area contributed by atoms with Crippen molar-refractivity contribution in [3.05, 3.63) is 11.6 Å². The Morgan fingerprint density at radius 3 is 2.35 bits per heavy atom. The third kappa shape index (κ3) is 22.9. The Bertz CT molecular complexity index is 1320. The van der Waals surface area contributed by atoms with Crippen molar-refractivity contribution < 1.29 is 32.6 Å². The molecule has 0 aliphatic carbocycles. The van der Waals surface area contributed by atoms with Crippen LogP contribution in [-0.4, -0.2) is 221 Å². The van der Waals surface area contributed by atoms with Gasteiger partial charge in [-0.2, -0.15) is 9.97 Å². The van der Waals surface area contributed by atoms with Gasteiger partial charge in [-0.1, -0.05) is 13.3 Å². The van der Waals surface area contributed by atoms with Crippen molar-refractivity contribution in [3.8, 4) is 0 Å². The van der Waals surface area contributed by atoms with Gasteiger partial charge in [-0.3, -0.25) is 14.0 Å². The largest absolute Gasteiger partial charge is 0.382 e. The molecule has 0 bridgehead atoms. The minimum Gasteiger partial charge on any atom is -0.382 e. The highest BCUT2D eigenvalue weighted by atomic mass is 31.2. The highest BCUT2D eigenvalue weighted by Gasteiger charge is 2.41. The summed E-state index contributed by atoms with van der Waals surface area (Å²) in [6, 6.07) is -1.01. The zero-order chi connectivity index (χ0) is 44.2. The van der Waals surface area contributed by atoms with Crippen molar-refractivity contribution in [2.24, 2.45) is 11.7 Å². The number of likely N-dealkylation sites (N-methyl/N-ethyl adjacent to an activating group) is 2. The number of aryl methyl sites for hydroxylation is 1. The average molecular weight is 884 g/mol. The first-order valence-corrected chi connectivity index (χ1v) is 24.4. The Morgan fingerprint density at radius 1 is 0.950 bits per heavy atom. The van der Waals surface area contributed by atoms with E-state index in [4.69, 9.17) is 64.4 Å². The molecule has 0 aromatic carbocycles. The van der Waals surface area contributed by atoms with Crippen LogP contribution in [0.2, 0.25) is 0 Å². The summed E-state index contributed by atoms with van der Waals surface area (Å²) in [7, 11) is 18.3. The quantitative estimate of drug-likeness (QED) is 0.0473. The van der Waals surface area contributed by atoms with Crippen LogP contribution < -0.4 is 21.7 Å². The average Bonchev–Trinajstić information content (AvgIpc) is 3.19. The molecular formula is C38H77B2N11O7P2. The molecule has 3 rings (SSSR count). The molecule has 5 N–H and O–H groups in total. The van der Waals surface area contributed by atoms with E-state index in [1.807, 2.05) is 18.8 Å². The first kappa shape index (κ1) is 54.9. The number of rotatable bonds is 31. The molecule has 4 radical (unpaired) electrons. The van der Waals surface area contributed by atoms with Gasteiger partial charge >= 0.3 is 7.67 Å². The molecule has 2 fully saturated rings. The number of morpholine rings is 2. The van der Waals surface area contributed by atoms with Gasteiger partial charge in [-0.15, -0.1) is 0 Å². The van der Waals surface area contributed by atoms with Gasteiger partial charge in [0.25, 0.3) is 0 Å². The summed E-state index contributed by atoms with van der Waals surface area (Å²) >= 11 is 0. The van der Waals surface area contributed by atoms with E-state index in [1.165, 1.54) is 0 Å². The molecule has 0 saturated carbocycles. The molecule has 2 aliphatic heterocycles. The Morgan fingerprint density at radius 2 is 1.65 bits per heavy atom. The molecule has 1 aromatic rings. The number of nitrogens with two attached hydrogens (primary N) is 1. The molecule has 1 aromatic heterocycles. The molecule has 5 unspecified atom stereocenters. The predicted octanol–water partition coefficient (Wildman–Crippen LogP) is 1.30. The topological polar surface area (TPSA) is 194 Å². The number of methoxy groups -OCH3 is 1. The monoisotopic (exact) mass is 884 g/mol. The van der Waals surface area contributed by atoms with Crippen molar-refractivity contribution in [2.75, 3.05) is 152 Å².